The highest BCUT2D eigenvalue weighted by atomic mass is 19.4. The number of aromatic nitrogens is 2. The summed E-state index contributed by atoms with van der Waals surface area (Å²) in [5.41, 5.74) is 4.65. The summed E-state index contributed by atoms with van der Waals surface area (Å²) in [5.74, 6) is -1.51. The summed E-state index contributed by atoms with van der Waals surface area (Å²) in [6.45, 7) is 3.61. The van der Waals surface area contributed by atoms with Gasteiger partial charge in [0.15, 0.2) is 0 Å². The van der Waals surface area contributed by atoms with Crippen molar-refractivity contribution in [1.82, 2.24) is 9.78 Å². The third-order valence-corrected chi connectivity index (χ3v) is 2.94. The molecule has 8 heteroatoms. The molecule has 0 bridgehead atoms. The average molecular weight is 313 g/mol. The van der Waals surface area contributed by atoms with Crippen LogP contribution in [0.25, 0.3) is 0 Å². The normalized spacial score (nSPS) is 11.7. The fourth-order valence-electron chi connectivity index (χ4n) is 1.89. The van der Waals surface area contributed by atoms with Gasteiger partial charge < -0.3 is 10.5 Å². The zero-order valence-electron chi connectivity index (χ0n) is 11.9. The second kappa shape index (κ2) is 5.70. The second-order valence-corrected chi connectivity index (χ2v) is 4.87. The number of esters is 1. The van der Waals surface area contributed by atoms with E-state index >= 15 is 0 Å². The predicted molar refractivity (Wildman–Crippen MR) is 73.4 cm³/mol. The number of hydrogen-bond donors (Lipinski definition) is 1. The predicted octanol–water partition coefficient (Wildman–Crippen LogP) is 3.28. The molecule has 0 aliphatic heterocycles. The number of nitrogens with zero attached hydrogens (tertiary/aromatic N) is 2. The van der Waals surface area contributed by atoms with Gasteiger partial charge in [-0.3, -0.25) is 0 Å². The topological polar surface area (TPSA) is 70.1 Å². The Hall–Kier alpha value is -2.51. The molecule has 0 aliphatic carbocycles. The molecule has 2 aromatic rings. The van der Waals surface area contributed by atoms with E-state index in [1.807, 2.05) is 0 Å². The maximum atomic E-state index is 12.9. The van der Waals surface area contributed by atoms with Gasteiger partial charge >= 0.3 is 12.1 Å². The molecule has 118 valence electrons. The number of nitrogens with two attached hydrogens (primary N) is 1. The molecule has 0 saturated heterocycles. The Labute approximate surface area is 124 Å². The smallest absolute Gasteiger partial charge is 0.419 e. The molecule has 1 heterocycles. The van der Waals surface area contributed by atoms with Crippen molar-refractivity contribution in [2.75, 3.05) is 5.73 Å². The SMILES string of the molecule is CC(C)n1ncc(C(=O)Oc2ccccc2C(F)(F)F)c1N. The van der Waals surface area contributed by atoms with Crippen molar-refractivity contribution in [3.63, 3.8) is 0 Å². The Bertz CT molecular complexity index is 693. The second-order valence-electron chi connectivity index (χ2n) is 4.87. The summed E-state index contributed by atoms with van der Waals surface area (Å²) in [6.07, 6.45) is -3.45. The minimum atomic E-state index is -4.62. The molecular formula is C14H14F3N3O2. The standard InChI is InChI=1S/C14H14F3N3O2/c1-8(2)20-12(18)9(7-19-20)13(21)22-11-6-4-3-5-10(11)14(15,16)17/h3-8H,18H2,1-2H3. The van der Waals surface area contributed by atoms with E-state index in [-0.39, 0.29) is 17.4 Å². The molecule has 0 saturated carbocycles. The summed E-state index contributed by atoms with van der Waals surface area (Å²) >= 11 is 0. The number of carbonyl (C=O) groups is 1. The van der Waals surface area contributed by atoms with E-state index in [4.69, 9.17) is 10.5 Å². The molecule has 0 aliphatic rings. The number of nitrogen functional groups attached to an aromatic ring is 1. The largest absolute Gasteiger partial charge is 0.422 e. The van der Waals surface area contributed by atoms with Crippen molar-refractivity contribution < 1.29 is 22.7 Å². The average Bonchev–Trinajstić information content (AvgIpc) is 2.80. The van der Waals surface area contributed by atoms with Crippen molar-refractivity contribution in [3.05, 3.63) is 41.6 Å². The number of hydrogen-bond acceptors (Lipinski definition) is 4. The highest BCUT2D eigenvalue weighted by Crippen LogP contribution is 2.36. The Balaban J connectivity index is 2.31. The van der Waals surface area contributed by atoms with Crippen LogP contribution in [0, 0.1) is 0 Å². The summed E-state index contributed by atoms with van der Waals surface area (Å²) in [5, 5.41) is 3.92. The van der Waals surface area contributed by atoms with Gasteiger partial charge in [0, 0.05) is 6.04 Å². The Morgan fingerprint density at radius 3 is 2.50 bits per heavy atom. The van der Waals surface area contributed by atoms with Crippen molar-refractivity contribution in [2.24, 2.45) is 0 Å². The molecule has 0 unspecified atom stereocenters. The first kappa shape index (κ1) is 15.9. The molecule has 1 aromatic heterocycles. The first-order chi connectivity index (χ1) is 10.2. The van der Waals surface area contributed by atoms with Crippen LogP contribution in [0.3, 0.4) is 0 Å². The fraction of sp³-hybridized carbons (Fsp3) is 0.286. The Morgan fingerprint density at radius 2 is 1.95 bits per heavy atom. The van der Waals surface area contributed by atoms with Crippen LogP contribution in [0.15, 0.2) is 30.5 Å². The maximum Gasteiger partial charge on any atom is 0.419 e. The number of anilines is 1. The van der Waals surface area contributed by atoms with Gasteiger partial charge in [0.1, 0.15) is 17.1 Å². The van der Waals surface area contributed by atoms with Crippen molar-refractivity contribution in [1.29, 1.82) is 0 Å². The molecule has 2 rings (SSSR count). The van der Waals surface area contributed by atoms with E-state index in [2.05, 4.69) is 5.10 Å². The van der Waals surface area contributed by atoms with Crippen LogP contribution < -0.4 is 10.5 Å². The van der Waals surface area contributed by atoms with Crippen LogP contribution in [0.5, 0.6) is 5.75 Å². The highest BCUT2D eigenvalue weighted by Gasteiger charge is 2.35. The van der Waals surface area contributed by atoms with Crippen LogP contribution in [-0.4, -0.2) is 15.7 Å². The molecule has 2 N–H and O–H groups in total. The molecular weight excluding hydrogens is 299 g/mol. The summed E-state index contributed by atoms with van der Waals surface area (Å²) in [7, 11) is 0. The number of benzene rings is 1. The molecule has 5 nitrogen and oxygen atoms in total. The number of carbonyl (C=O) groups excluding carboxylic acids is 1. The zero-order valence-corrected chi connectivity index (χ0v) is 11.9. The van der Waals surface area contributed by atoms with Crippen LogP contribution in [0.1, 0.15) is 35.8 Å². The van der Waals surface area contributed by atoms with Gasteiger partial charge in [0.25, 0.3) is 0 Å². The molecule has 0 spiro atoms. The summed E-state index contributed by atoms with van der Waals surface area (Å²) in [6, 6.07) is 4.38. The minimum absolute atomic E-state index is 0.0458. The van der Waals surface area contributed by atoms with Crippen LogP contribution in [-0.2, 0) is 6.18 Å². The number of halogens is 3. The van der Waals surface area contributed by atoms with Crippen molar-refractivity contribution in [3.8, 4) is 5.75 Å². The maximum absolute atomic E-state index is 12.9. The van der Waals surface area contributed by atoms with Gasteiger partial charge in [-0.2, -0.15) is 18.3 Å². The third-order valence-electron chi connectivity index (χ3n) is 2.94. The first-order valence-corrected chi connectivity index (χ1v) is 6.43. The lowest BCUT2D eigenvalue weighted by atomic mass is 10.2. The number of ether oxygens (including phenoxy) is 1. The van der Waals surface area contributed by atoms with Gasteiger partial charge in [-0.15, -0.1) is 0 Å². The van der Waals surface area contributed by atoms with Crippen molar-refractivity contribution >= 4 is 11.8 Å². The number of para-hydroxylation sites is 1. The fourth-order valence-corrected chi connectivity index (χ4v) is 1.89. The van der Waals surface area contributed by atoms with Gasteiger partial charge in [-0.1, -0.05) is 12.1 Å². The number of alkyl halides is 3. The number of rotatable bonds is 3. The van der Waals surface area contributed by atoms with Crippen LogP contribution >= 0.6 is 0 Å². The van der Waals surface area contributed by atoms with Gasteiger partial charge in [0.05, 0.1) is 11.8 Å². The lowest BCUT2D eigenvalue weighted by Gasteiger charge is -2.12. The van der Waals surface area contributed by atoms with Gasteiger partial charge in [0.2, 0.25) is 0 Å². The van der Waals surface area contributed by atoms with E-state index in [0.29, 0.717) is 0 Å². The molecule has 22 heavy (non-hydrogen) atoms. The van der Waals surface area contributed by atoms with E-state index < -0.39 is 23.5 Å². The quantitative estimate of drug-likeness (QED) is 0.697. The van der Waals surface area contributed by atoms with E-state index in [0.717, 1.165) is 12.1 Å². The molecule has 0 atom stereocenters. The minimum Gasteiger partial charge on any atom is -0.422 e. The van der Waals surface area contributed by atoms with Crippen LogP contribution in [0.4, 0.5) is 19.0 Å². The van der Waals surface area contributed by atoms with Gasteiger partial charge in [-0.25, -0.2) is 9.48 Å². The van der Waals surface area contributed by atoms with E-state index in [1.165, 1.54) is 23.0 Å². The monoisotopic (exact) mass is 313 g/mol. The summed E-state index contributed by atoms with van der Waals surface area (Å²) in [4.78, 5) is 12.0. The van der Waals surface area contributed by atoms with E-state index in [9.17, 15) is 18.0 Å². The Morgan fingerprint density at radius 1 is 1.32 bits per heavy atom. The third kappa shape index (κ3) is 3.05. The molecule has 0 fully saturated rings. The van der Waals surface area contributed by atoms with Crippen molar-refractivity contribution in [2.45, 2.75) is 26.1 Å². The van der Waals surface area contributed by atoms with E-state index in [1.54, 1.807) is 13.8 Å². The molecule has 1 aromatic carbocycles. The van der Waals surface area contributed by atoms with Crippen LogP contribution in [0.2, 0.25) is 0 Å². The highest BCUT2D eigenvalue weighted by molar-refractivity contribution is 5.95. The van der Waals surface area contributed by atoms with Gasteiger partial charge in [-0.05, 0) is 26.0 Å². The lowest BCUT2D eigenvalue weighted by molar-refractivity contribution is -0.138. The lowest BCUT2D eigenvalue weighted by Crippen LogP contribution is -2.15. The molecule has 0 radical (unpaired) electrons. The molecule has 0 amide bonds. The summed E-state index contributed by atoms with van der Waals surface area (Å²) < 4.78 is 44.8. The Kier molecular flexibility index (Phi) is 4.11. The first-order valence-electron chi connectivity index (χ1n) is 6.43. The zero-order chi connectivity index (χ0) is 16.5.